The van der Waals surface area contributed by atoms with Crippen molar-refractivity contribution in [2.45, 2.75) is 0 Å². The number of nitrogens with zero attached hydrogens (tertiary/aromatic N) is 2. The molecule has 7 rings (SSSR count). The largest absolute Gasteiger partial charge is 0.456 e. The molecular weight excluding hydrogens is 368 g/mol. The van der Waals surface area contributed by atoms with Gasteiger partial charge >= 0.3 is 0 Å². The second kappa shape index (κ2) is 5.71. The van der Waals surface area contributed by atoms with Gasteiger partial charge in [0.1, 0.15) is 16.8 Å². The molecule has 0 bridgehead atoms. The predicted molar refractivity (Wildman–Crippen MR) is 123 cm³/mol. The first-order valence-corrected chi connectivity index (χ1v) is 10.1. The van der Waals surface area contributed by atoms with Crippen LogP contribution in [0.3, 0.4) is 0 Å². The first kappa shape index (κ1) is 15.8. The number of fused-ring (bicyclic) bond motifs is 8. The van der Waals surface area contributed by atoms with Gasteiger partial charge in [-0.1, -0.05) is 54.6 Å². The minimum absolute atomic E-state index is 0.910. The Labute approximate surface area is 171 Å². The standard InChI is InChI=1S/C27H16N2O/c1-2-8-19-17(7-1)16-24(29-23-11-5-4-10-22(23)28-27(19)29)18-13-14-26-21(15-18)20-9-3-6-12-25(20)30-26/h1-16H. The molecule has 0 N–H and O–H groups in total. The van der Waals surface area contributed by atoms with Gasteiger partial charge in [-0.3, -0.25) is 4.40 Å². The van der Waals surface area contributed by atoms with Crippen LogP contribution in [0.5, 0.6) is 0 Å². The maximum atomic E-state index is 6.04. The first-order valence-electron chi connectivity index (χ1n) is 10.1. The lowest BCUT2D eigenvalue weighted by molar-refractivity contribution is 0.669. The number of furan rings is 1. The third-order valence-corrected chi connectivity index (χ3v) is 5.97. The second-order valence-electron chi connectivity index (χ2n) is 7.69. The average molecular weight is 384 g/mol. The first-order chi connectivity index (χ1) is 14.9. The van der Waals surface area contributed by atoms with Gasteiger partial charge in [0.05, 0.1) is 16.7 Å². The highest BCUT2D eigenvalue weighted by Crippen LogP contribution is 2.35. The zero-order valence-electron chi connectivity index (χ0n) is 16.0. The fraction of sp³-hybridized carbons (Fsp3) is 0. The van der Waals surface area contributed by atoms with Crippen molar-refractivity contribution >= 4 is 49.4 Å². The molecule has 0 aliphatic heterocycles. The van der Waals surface area contributed by atoms with Crippen molar-refractivity contribution in [1.82, 2.24) is 9.38 Å². The van der Waals surface area contributed by atoms with Gasteiger partial charge in [-0.25, -0.2) is 4.98 Å². The molecule has 0 spiro atoms. The van der Waals surface area contributed by atoms with E-state index in [2.05, 4.69) is 83.3 Å². The third-order valence-electron chi connectivity index (χ3n) is 5.97. The highest BCUT2D eigenvalue weighted by Gasteiger charge is 2.15. The van der Waals surface area contributed by atoms with Crippen LogP contribution in [-0.4, -0.2) is 9.38 Å². The van der Waals surface area contributed by atoms with E-state index in [1.165, 1.54) is 5.39 Å². The summed E-state index contributed by atoms with van der Waals surface area (Å²) in [6, 6.07) is 33.7. The van der Waals surface area contributed by atoms with Crippen LogP contribution in [0, 0.1) is 0 Å². The zero-order chi connectivity index (χ0) is 19.7. The summed E-state index contributed by atoms with van der Waals surface area (Å²) in [5, 5.41) is 4.62. The molecule has 3 heterocycles. The van der Waals surface area contributed by atoms with Gasteiger partial charge in [0.15, 0.2) is 0 Å². The number of imidazole rings is 1. The topological polar surface area (TPSA) is 30.4 Å². The summed E-state index contributed by atoms with van der Waals surface area (Å²) in [5.74, 6) is 0. The van der Waals surface area contributed by atoms with Gasteiger partial charge in [-0.15, -0.1) is 0 Å². The van der Waals surface area contributed by atoms with E-state index >= 15 is 0 Å². The highest BCUT2D eigenvalue weighted by atomic mass is 16.3. The summed E-state index contributed by atoms with van der Waals surface area (Å²) in [5.41, 5.74) is 7.21. The number of hydrogen-bond acceptors (Lipinski definition) is 2. The van der Waals surface area contributed by atoms with E-state index in [4.69, 9.17) is 9.40 Å². The second-order valence-corrected chi connectivity index (χ2v) is 7.69. The SMILES string of the molecule is c1ccc2c(c1)cc(-c1ccc3oc4ccccc4c3c1)n1c3ccccc3nc21. The normalized spacial score (nSPS) is 12.0. The maximum Gasteiger partial charge on any atom is 0.146 e. The fourth-order valence-corrected chi connectivity index (χ4v) is 4.59. The van der Waals surface area contributed by atoms with Gasteiger partial charge < -0.3 is 4.42 Å². The van der Waals surface area contributed by atoms with Crippen molar-refractivity contribution in [2.75, 3.05) is 0 Å². The molecule has 0 unspecified atom stereocenters. The van der Waals surface area contributed by atoms with Gasteiger partial charge in [0.25, 0.3) is 0 Å². The molecule has 0 fully saturated rings. The van der Waals surface area contributed by atoms with Crippen LogP contribution >= 0.6 is 0 Å². The predicted octanol–water partition coefficient (Wildman–Crippen LogP) is 7.21. The third kappa shape index (κ3) is 2.06. The monoisotopic (exact) mass is 384 g/mol. The lowest BCUT2D eigenvalue weighted by Crippen LogP contribution is -1.93. The molecule has 0 aliphatic carbocycles. The molecule has 4 aromatic carbocycles. The number of rotatable bonds is 1. The minimum Gasteiger partial charge on any atom is -0.456 e. The van der Waals surface area contributed by atoms with Crippen molar-refractivity contribution in [3.8, 4) is 11.3 Å². The molecular formula is C27H16N2O. The summed E-state index contributed by atoms with van der Waals surface area (Å²) in [7, 11) is 0. The Bertz CT molecular complexity index is 1750. The molecule has 0 aliphatic rings. The molecule has 0 radical (unpaired) electrons. The summed E-state index contributed by atoms with van der Waals surface area (Å²) in [4.78, 5) is 4.98. The van der Waals surface area contributed by atoms with Gasteiger partial charge in [0.2, 0.25) is 0 Å². The number of para-hydroxylation sites is 3. The van der Waals surface area contributed by atoms with Crippen LogP contribution in [0.15, 0.2) is 101 Å². The van der Waals surface area contributed by atoms with Crippen LogP contribution < -0.4 is 0 Å². The Hall–Kier alpha value is -4.11. The average Bonchev–Trinajstić information content (AvgIpc) is 3.37. The molecule has 140 valence electrons. The van der Waals surface area contributed by atoms with Crippen molar-refractivity contribution in [1.29, 1.82) is 0 Å². The van der Waals surface area contributed by atoms with E-state index in [1.807, 2.05) is 18.2 Å². The fourth-order valence-electron chi connectivity index (χ4n) is 4.59. The summed E-state index contributed by atoms with van der Waals surface area (Å²) >= 11 is 0. The molecule has 3 aromatic heterocycles. The highest BCUT2D eigenvalue weighted by molar-refractivity contribution is 6.07. The van der Waals surface area contributed by atoms with E-state index in [0.717, 1.165) is 55.3 Å². The maximum absolute atomic E-state index is 6.04. The summed E-state index contributed by atoms with van der Waals surface area (Å²) < 4.78 is 8.32. The molecule has 7 aromatic rings. The van der Waals surface area contributed by atoms with Crippen LogP contribution in [0.2, 0.25) is 0 Å². The van der Waals surface area contributed by atoms with E-state index < -0.39 is 0 Å². The molecule has 3 heteroatoms. The lowest BCUT2D eigenvalue weighted by Gasteiger charge is -2.10. The van der Waals surface area contributed by atoms with Crippen LogP contribution in [0.25, 0.3) is 60.6 Å². The van der Waals surface area contributed by atoms with E-state index in [0.29, 0.717) is 0 Å². The van der Waals surface area contributed by atoms with Crippen molar-refractivity contribution in [3.05, 3.63) is 97.1 Å². The number of benzene rings is 4. The van der Waals surface area contributed by atoms with Crippen molar-refractivity contribution < 1.29 is 4.42 Å². The summed E-state index contributed by atoms with van der Waals surface area (Å²) in [6.45, 7) is 0. The number of hydrogen-bond donors (Lipinski definition) is 0. The van der Waals surface area contributed by atoms with Crippen LogP contribution in [0.1, 0.15) is 0 Å². The Morgan fingerprint density at radius 1 is 0.633 bits per heavy atom. The smallest absolute Gasteiger partial charge is 0.146 e. The van der Waals surface area contributed by atoms with Gasteiger partial charge in [0, 0.05) is 16.2 Å². The van der Waals surface area contributed by atoms with Gasteiger partial charge in [-0.05, 0) is 53.4 Å². The molecule has 30 heavy (non-hydrogen) atoms. The summed E-state index contributed by atoms with van der Waals surface area (Å²) in [6.07, 6.45) is 0. The van der Waals surface area contributed by atoms with E-state index in [1.54, 1.807) is 0 Å². The molecule has 3 nitrogen and oxygen atoms in total. The Morgan fingerprint density at radius 2 is 1.40 bits per heavy atom. The number of aromatic nitrogens is 2. The van der Waals surface area contributed by atoms with E-state index in [9.17, 15) is 0 Å². The van der Waals surface area contributed by atoms with E-state index in [-0.39, 0.29) is 0 Å². The van der Waals surface area contributed by atoms with Crippen molar-refractivity contribution in [3.63, 3.8) is 0 Å². The van der Waals surface area contributed by atoms with Crippen molar-refractivity contribution in [2.24, 2.45) is 0 Å². The minimum atomic E-state index is 0.910. The Morgan fingerprint density at radius 3 is 2.37 bits per heavy atom. The molecule has 0 atom stereocenters. The lowest BCUT2D eigenvalue weighted by atomic mass is 10.0. The quantitative estimate of drug-likeness (QED) is 0.299. The zero-order valence-corrected chi connectivity index (χ0v) is 16.0. The Balaban J connectivity index is 1.65. The number of pyridine rings is 1. The van der Waals surface area contributed by atoms with Crippen LogP contribution in [0.4, 0.5) is 0 Å². The Kier molecular flexibility index (Phi) is 3.00. The molecule has 0 amide bonds. The molecule has 0 saturated heterocycles. The van der Waals surface area contributed by atoms with Gasteiger partial charge in [-0.2, -0.15) is 0 Å². The molecule has 0 saturated carbocycles. The van der Waals surface area contributed by atoms with Crippen LogP contribution in [-0.2, 0) is 0 Å².